The minimum absolute atomic E-state index is 0.626. The number of aromatic nitrogens is 6. The molecule has 0 aliphatic heterocycles. The van der Waals surface area contributed by atoms with Gasteiger partial charge in [0, 0.05) is 5.69 Å². The largest absolute Gasteiger partial charge is 0.327 e. The highest BCUT2D eigenvalue weighted by atomic mass is 15.6. The van der Waals surface area contributed by atoms with Crippen molar-refractivity contribution < 1.29 is 0 Å². The van der Waals surface area contributed by atoms with Gasteiger partial charge in [-0.25, -0.2) is 4.98 Å². The second-order valence-electron chi connectivity index (χ2n) is 3.24. The van der Waals surface area contributed by atoms with E-state index in [1.54, 1.807) is 13.4 Å². The van der Waals surface area contributed by atoms with Crippen LogP contribution in [-0.2, 0) is 13.6 Å². The maximum atomic E-state index is 4.20. The van der Waals surface area contributed by atoms with E-state index in [4.69, 9.17) is 0 Å². The molecule has 0 amide bonds. The van der Waals surface area contributed by atoms with Crippen molar-refractivity contribution >= 4 is 0 Å². The third kappa shape index (κ3) is 1.50. The Kier molecular flexibility index (Phi) is 2.03. The summed E-state index contributed by atoms with van der Waals surface area (Å²) in [6, 6.07) is 0. The van der Waals surface area contributed by atoms with Crippen LogP contribution in [0.2, 0.25) is 0 Å². The number of hydrogen-bond donors (Lipinski definition) is 0. The Morgan fingerprint density at radius 2 is 2.14 bits per heavy atom. The van der Waals surface area contributed by atoms with Gasteiger partial charge in [-0.2, -0.15) is 4.80 Å². The lowest BCUT2D eigenvalue weighted by molar-refractivity contribution is 0.624. The van der Waals surface area contributed by atoms with Crippen LogP contribution in [0.5, 0.6) is 0 Å². The van der Waals surface area contributed by atoms with Crippen LogP contribution in [-0.4, -0.2) is 29.8 Å². The molecule has 14 heavy (non-hydrogen) atoms. The Morgan fingerprint density at radius 1 is 1.36 bits per heavy atom. The molecule has 0 atom stereocenters. The van der Waals surface area contributed by atoms with E-state index in [0.717, 1.165) is 11.4 Å². The lowest BCUT2D eigenvalue weighted by Crippen LogP contribution is -2.03. The quantitative estimate of drug-likeness (QED) is 0.675. The van der Waals surface area contributed by atoms with E-state index in [-0.39, 0.29) is 0 Å². The predicted octanol–water partition coefficient (Wildman–Crippen LogP) is 0.0717. The standard InChI is InChI=1S/C8H12N6/c1-6-7(2)14(5-9-6)4-8-10-12-13(3)11-8/h5H,4H2,1-3H3. The Balaban J connectivity index is 2.22. The van der Waals surface area contributed by atoms with Crippen LogP contribution in [0, 0.1) is 13.8 Å². The third-order valence-electron chi connectivity index (χ3n) is 2.21. The molecular formula is C8H12N6. The lowest BCUT2D eigenvalue weighted by Gasteiger charge is -2.00. The summed E-state index contributed by atoms with van der Waals surface area (Å²) in [7, 11) is 1.75. The van der Waals surface area contributed by atoms with Gasteiger partial charge in [0.1, 0.15) is 0 Å². The number of imidazole rings is 1. The Hall–Kier alpha value is -1.72. The summed E-state index contributed by atoms with van der Waals surface area (Å²) < 4.78 is 2.01. The molecule has 2 aromatic rings. The van der Waals surface area contributed by atoms with E-state index in [0.29, 0.717) is 12.4 Å². The number of hydrogen-bond acceptors (Lipinski definition) is 4. The van der Waals surface area contributed by atoms with Crippen molar-refractivity contribution in [2.45, 2.75) is 20.4 Å². The highest BCUT2D eigenvalue weighted by Crippen LogP contribution is 2.05. The third-order valence-corrected chi connectivity index (χ3v) is 2.21. The summed E-state index contributed by atoms with van der Waals surface area (Å²) in [4.78, 5) is 5.65. The zero-order chi connectivity index (χ0) is 10.1. The number of aryl methyl sites for hydroxylation is 2. The summed E-state index contributed by atoms with van der Waals surface area (Å²) in [5.41, 5.74) is 2.17. The van der Waals surface area contributed by atoms with Gasteiger partial charge in [0.2, 0.25) is 0 Å². The molecule has 6 heteroatoms. The highest BCUT2D eigenvalue weighted by molar-refractivity contribution is 5.09. The first-order valence-electron chi connectivity index (χ1n) is 4.38. The molecule has 0 saturated heterocycles. The molecule has 0 aromatic carbocycles. The molecule has 0 aliphatic carbocycles. The SMILES string of the molecule is Cc1ncn(Cc2nnn(C)n2)c1C. The van der Waals surface area contributed by atoms with Gasteiger partial charge >= 0.3 is 0 Å². The molecule has 0 aliphatic rings. The Labute approximate surface area is 81.6 Å². The fourth-order valence-electron chi connectivity index (χ4n) is 1.24. The summed E-state index contributed by atoms with van der Waals surface area (Å²) in [5, 5.41) is 11.8. The van der Waals surface area contributed by atoms with Crippen molar-refractivity contribution in [2.24, 2.45) is 7.05 Å². The van der Waals surface area contributed by atoms with Crippen molar-refractivity contribution in [2.75, 3.05) is 0 Å². The molecule has 0 bridgehead atoms. The number of tetrazole rings is 1. The first-order valence-corrected chi connectivity index (χ1v) is 4.38. The van der Waals surface area contributed by atoms with Crippen molar-refractivity contribution in [1.82, 2.24) is 29.8 Å². The second-order valence-corrected chi connectivity index (χ2v) is 3.24. The van der Waals surface area contributed by atoms with Crippen molar-refractivity contribution in [3.8, 4) is 0 Å². The Bertz CT molecular complexity index is 440. The van der Waals surface area contributed by atoms with Crippen LogP contribution in [0.3, 0.4) is 0 Å². The van der Waals surface area contributed by atoms with Gasteiger partial charge in [-0.15, -0.1) is 10.2 Å². The molecule has 0 saturated carbocycles. The molecule has 0 radical (unpaired) electrons. The molecule has 2 heterocycles. The fourth-order valence-corrected chi connectivity index (χ4v) is 1.24. The van der Waals surface area contributed by atoms with Gasteiger partial charge in [-0.1, -0.05) is 0 Å². The van der Waals surface area contributed by atoms with Crippen molar-refractivity contribution in [3.05, 3.63) is 23.5 Å². The lowest BCUT2D eigenvalue weighted by atomic mass is 10.4. The van der Waals surface area contributed by atoms with Crippen molar-refractivity contribution in [1.29, 1.82) is 0 Å². The summed E-state index contributed by atoms with van der Waals surface area (Å²) in [6.45, 7) is 4.63. The monoisotopic (exact) mass is 192 g/mol. The fraction of sp³-hybridized carbons (Fsp3) is 0.500. The maximum Gasteiger partial charge on any atom is 0.194 e. The molecule has 0 spiro atoms. The second kappa shape index (κ2) is 3.21. The average molecular weight is 192 g/mol. The van der Waals surface area contributed by atoms with E-state index in [2.05, 4.69) is 20.4 Å². The van der Waals surface area contributed by atoms with Gasteiger partial charge in [0.25, 0.3) is 0 Å². The molecule has 0 fully saturated rings. The van der Waals surface area contributed by atoms with Crippen LogP contribution in [0.15, 0.2) is 6.33 Å². The topological polar surface area (TPSA) is 61.4 Å². The van der Waals surface area contributed by atoms with Gasteiger partial charge in [0.05, 0.1) is 25.6 Å². The Morgan fingerprint density at radius 3 is 2.64 bits per heavy atom. The molecule has 6 nitrogen and oxygen atoms in total. The normalized spacial score (nSPS) is 10.8. The zero-order valence-corrected chi connectivity index (χ0v) is 8.47. The predicted molar refractivity (Wildman–Crippen MR) is 49.6 cm³/mol. The zero-order valence-electron chi connectivity index (χ0n) is 8.47. The first-order chi connectivity index (χ1) is 6.66. The maximum absolute atomic E-state index is 4.20. The number of nitrogens with zero attached hydrogens (tertiary/aromatic N) is 6. The van der Waals surface area contributed by atoms with Gasteiger partial charge in [0.15, 0.2) is 5.82 Å². The van der Waals surface area contributed by atoms with E-state index in [9.17, 15) is 0 Å². The van der Waals surface area contributed by atoms with Crippen LogP contribution < -0.4 is 0 Å². The van der Waals surface area contributed by atoms with Crippen LogP contribution in [0.4, 0.5) is 0 Å². The van der Waals surface area contributed by atoms with Crippen LogP contribution in [0.1, 0.15) is 17.2 Å². The highest BCUT2D eigenvalue weighted by Gasteiger charge is 2.05. The summed E-state index contributed by atoms with van der Waals surface area (Å²) >= 11 is 0. The first kappa shape index (κ1) is 8.86. The average Bonchev–Trinajstić information content (AvgIpc) is 2.67. The molecule has 2 aromatic heterocycles. The van der Waals surface area contributed by atoms with E-state index in [1.165, 1.54) is 4.80 Å². The van der Waals surface area contributed by atoms with Gasteiger partial charge < -0.3 is 4.57 Å². The van der Waals surface area contributed by atoms with E-state index < -0.39 is 0 Å². The molecule has 0 N–H and O–H groups in total. The van der Waals surface area contributed by atoms with E-state index in [1.807, 2.05) is 18.4 Å². The van der Waals surface area contributed by atoms with Crippen molar-refractivity contribution in [3.63, 3.8) is 0 Å². The molecule has 0 unspecified atom stereocenters. The molecule has 2 rings (SSSR count). The summed E-state index contributed by atoms with van der Waals surface area (Å²) in [5.74, 6) is 0.702. The minimum atomic E-state index is 0.626. The van der Waals surface area contributed by atoms with Crippen LogP contribution in [0.25, 0.3) is 0 Å². The van der Waals surface area contributed by atoms with Crippen LogP contribution >= 0.6 is 0 Å². The minimum Gasteiger partial charge on any atom is -0.327 e. The molecular weight excluding hydrogens is 180 g/mol. The smallest absolute Gasteiger partial charge is 0.194 e. The molecule has 74 valence electrons. The summed E-state index contributed by atoms with van der Waals surface area (Å²) in [6.07, 6.45) is 1.79. The number of rotatable bonds is 2. The van der Waals surface area contributed by atoms with E-state index >= 15 is 0 Å². The van der Waals surface area contributed by atoms with Gasteiger partial charge in [-0.3, -0.25) is 0 Å². The van der Waals surface area contributed by atoms with Gasteiger partial charge in [-0.05, 0) is 19.1 Å².